The highest BCUT2D eigenvalue weighted by atomic mass is 16.5. The number of rotatable bonds is 5. The molecule has 1 aromatic carbocycles. The molecule has 0 amide bonds. The first-order valence-corrected chi connectivity index (χ1v) is 6.81. The van der Waals surface area contributed by atoms with E-state index in [4.69, 9.17) is 4.74 Å². The number of esters is 1. The molecule has 0 aliphatic carbocycles. The molecule has 0 bridgehead atoms. The average Bonchev–Trinajstić information content (AvgIpc) is 2.43. The molecule has 0 spiro atoms. The van der Waals surface area contributed by atoms with E-state index in [1.165, 1.54) is 0 Å². The summed E-state index contributed by atoms with van der Waals surface area (Å²) in [6.45, 7) is 4.35. The number of pyridine rings is 1. The first-order chi connectivity index (χ1) is 9.65. The van der Waals surface area contributed by atoms with Crippen LogP contribution in [-0.2, 0) is 11.2 Å². The standard InChI is InChI=1S/C17H19NO2/c1-13-6-3-8-15(12-13)17(19)20-11-5-10-16-9-4-7-14(2)18-16/h3-4,6-9,12H,5,10-11H2,1-2H3. The van der Waals surface area contributed by atoms with Crippen molar-refractivity contribution < 1.29 is 9.53 Å². The van der Waals surface area contributed by atoms with Gasteiger partial charge < -0.3 is 4.74 Å². The Labute approximate surface area is 119 Å². The van der Waals surface area contributed by atoms with E-state index >= 15 is 0 Å². The summed E-state index contributed by atoms with van der Waals surface area (Å²) in [6, 6.07) is 13.4. The van der Waals surface area contributed by atoms with Gasteiger partial charge in [0, 0.05) is 11.4 Å². The number of hydrogen-bond donors (Lipinski definition) is 0. The topological polar surface area (TPSA) is 39.2 Å². The molecule has 0 radical (unpaired) electrons. The molecule has 0 saturated carbocycles. The summed E-state index contributed by atoms with van der Waals surface area (Å²) < 4.78 is 5.27. The minimum atomic E-state index is -0.258. The van der Waals surface area contributed by atoms with Crippen molar-refractivity contribution in [3.05, 3.63) is 65.0 Å². The minimum Gasteiger partial charge on any atom is -0.462 e. The van der Waals surface area contributed by atoms with Crippen LogP contribution in [0.4, 0.5) is 0 Å². The minimum absolute atomic E-state index is 0.258. The van der Waals surface area contributed by atoms with E-state index in [9.17, 15) is 4.79 Å². The number of hydrogen-bond acceptors (Lipinski definition) is 3. The van der Waals surface area contributed by atoms with E-state index in [2.05, 4.69) is 4.98 Å². The third-order valence-corrected chi connectivity index (χ3v) is 3.01. The first kappa shape index (κ1) is 14.3. The van der Waals surface area contributed by atoms with Crippen molar-refractivity contribution >= 4 is 5.97 Å². The van der Waals surface area contributed by atoms with E-state index < -0.39 is 0 Å². The summed E-state index contributed by atoms with van der Waals surface area (Å²) in [5.74, 6) is -0.258. The van der Waals surface area contributed by atoms with Crippen LogP contribution in [-0.4, -0.2) is 17.6 Å². The molecule has 3 nitrogen and oxygen atoms in total. The van der Waals surface area contributed by atoms with E-state index in [1.807, 2.05) is 50.2 Å². The van der Waals surface area contributed by atoms with Crippen molar-refractivity contribution in [3.63, 3.8) is 0 Å². The van der Waals surface area contributed by atoms with E-state index in [0.717, 1.165) is 29.8 Å². The van der Waals surface area contributed by atoms with Gasteiger partial charge in [0.1, 0.15) is 0 Å². The SMILES string of the molecule is Cc1cccc(C(=O)OCCCc2cccc(C)n2)c1. The number of aryl methyl sites for hydroxylation is 3. The second-order valence-corrected chi connectivity index (χ2v) is 4.88. The highest BCUT2D eigenvalue weighted by Crippen LogP contribution is 2.07. The van der Waals surface area contributed by atoms with Gasteiger partial charge in [-0.05, 0) is 51.0 Å². The van der Waals surface area contributed by atoms with Crippen LogP contribution in [0.5, 0.6) is 0 Å². The molecular weight excluding hydrogens is 250 g/mol. The second kappa shape index (κ2) is 6.85. The Bertz CT molecular complexity index is 593. The molecule has 104 valence electrons. The quantitative estimate of drug-likeness (QED) is 0.616. The van der Waals surface area contributed by atoms with Gasteiger partial charge >= 0.3 is 5.97 Å². The highest BCUT2D eigenvalue weighted by molar-refractivity contribution is 5.89. The van der Waals surface area contributed by atoms with Crippen molar-refractivity contribution in [2.24, 2.45) is 0 Å². The van der Waals surface area contributed by atoms with Crippen LogP contribution in [0.2, 0.25) is 0 Å². The third kappa shape index (κ3) is 4.19. The number of carbonyl (C=O) groups is 1. The number of aromatic nitrogens is 1. The zero-order valence-corrected chi connectivity index (χ0v) is 11.9. The zero-order chi connectivity index (χ0) is 14.4. The van der Waals surface area contributed by atoms with Crippen LogP contribution >= 0.6 is 0 Å². The average molecular weight is 269 g/mol. The van der Waals surface area contributed by atoms with Gasteiger partial charge in [0.15, 0.2) is 0 Å². The molecule has 2 aromatic rings. The van der Waals surface area contributed by atoms with Crippen LogP contribution in [0, 0.1) is 13.8 Å². The fourth-order valence-electron chi connectivity index (χ4n) is 2.01. The molecule has 0 N–H and O–H groups in total. The molecule has 2 rings (SSSR count). The number of ether oxygens (including phenoxy) is 1. The van der Waals surface area contributed by atoms with Gasteiger partial charge in [0.25, 0.3) is 0 Å². The number of nitrogens with zero attached hydrogens (tertiary/aromatic N) is 1. The molecule has 0 saturated heterocycles. The lowest BCUT2D eigenvalue weighted by molar-refractivity contribution is 0.0500. The summed E-state index contributed by atoms with van der Waals surface area (Å²) in [4.78, 5) is 16.2. The maximum Gasteiger partial charge on any atom is 0.338 e. The van der Waals surface area contributed by atoms with Crippen molar-refractivity contribution in [1.82, 2.24) is 4.98 Å². The van der Waals surface area contributed by atoms with Crippen molar-refractivity contribution in [2.45, 2.75) is 26.7 Å². The first-order valence-electron chi connectivity index (χ1n) is 6.81. The number of benzene rings is 1. The summed E-state index contributed by atoms with van der Waals surface area (Å²) in [5.41, 5.74) is 3.72. The van der Waals surface area contributed by atoms with Gasteiger partial charge in [-0.15, -0.1) is 0 Å². The lowest BCUT2D eigenvalue weighted by atomic mass is 10.1. The lowest BCUT2D eigenvalue weighted by Gasteiger charge is -2.05. The molecule has 1 heterocycles. The van der Waals surface area contributed by atoms with E-state index in [1.54, 1.807) is 6.07 Å². The molecule has 0 aliphatic heterocycles. The Morgan fingerprint density at radius 3 is 2.70 bits per heavy atom. The Hall–Kier alpha value is -2.16. The van der Waals surface area contributed by atoms with Crippen molar-refractivity contribution in [1.29, 1.82) is 0 Å². The Balaban J connectivity index is 1.77. The van der Waals surface area contributed by atoms with Gasteiger partial charge in [-0.2, -0.15) is 0 Å². The molecule has 0 unspecified atom stereocenters. The molecule has 0 fully saturated rings. The molecule has 3 heteroatoms. The largest absolute Gasteiger partial charge is 0.462 e. The Kier molecular flexibility index (Phi) is 4.88. The predicted molar refractivity (Wildman–Crippen MR) is 78.8 cm³/mol. The molecule has 1 aromatic heterocycles. The monoisotopic (exact) mass is 269 g/mol. The van der Waals surface area contributed by atoms with E-state index in [0.29, 0.717) is 12.2 Å². The predicted octanol–water partition coefficient (Wildman–Crippen LogP) is 3.49. The maximum absolute atomic E-state index is 11.8. The van der Waals surface area contributed by atoms with Crippen molar-refractivity contribution in [2.75, 3.05) is 6.61 Å². The zero-order valence-electron chi connectivity index (χ0n) is 11.9. The summed E-state index contributed by atoms with van der Waals surface area (Å²) in [5, 5.41) is 0. The maximum atomic E-state index is 11.8. The van der Waals surface area contributed by atoms with Crippen LogP contribution in [0.1, 0.15) is 33.7 Å². The molecule has 0 aliphatic rings. The summed E-state index contributed by atoms with van der Waals surface area (Å²) in [7, 11) is 0. The Morgan fingerprint density at radius 2 is 1.95 bits per heavy atom. The van der Waals surface area contributed by atoms with Crippen LogP contribution < -0.4 is 0 Å². The van der Waals surface area contributed by atoms with Crippen molar-refractivity contribution in [3.8, 4) is 0 Å². The van der Waals surface area contributed by atoms with Gasteiger partial charge in [-0.1, -0.05) is 23.8 Å². The summed E-state index contributed by atoms with van der Waals surface area (Å²) in [6.07, 6.45) is 1.61. The van der Waals surface area contributed by atoms with E-state index in [-0.39, 0.29) is 5.97 Å². The van der Waals surface area contributed by atoms with Crippen LogP contribution in [0.3, 0.4) is 0 Å². The Morgan fingerprint density at radius 1 is 1.15 bits per heavy atom. The highest BCUT2D eigenvalue weighted by Gasteiger charge is 2.06. The van der Waals surface area contributed by atoms with Gasteiger partial charge in [0.05, 0.1) is 12.2 Å². The van der Waals surface area contributed by atoms with Gasteiger partial charge in [-0.3, -0.25) is 4.98 Å². The molecule has 20 heavy (non-hydrogen) atoms. The lowest BCUT2D eigenvalue weighted by Crippen LogP contribution is -2.07. The third-order valence-electron chi connectivity index (χ3n) is 3.01. The molecular formula is C17H19NO2. The van der Waals surface area contributed by atoms with Gasteiger partial charge in [0.2, 0.25) is 0 Å². The summed E-state index contributed by atoms with van der Waals surface area (Å²) >= 11 is 0. The second-order valence-electron chi connectivity index (χ2n) is 4.88. The van der Waals surface area contributed by atoms with Crippen LogP contribution in [0.25, 0.3) is 0 Å². The number of carbonyl (C=O) groups excluding carboxylic acids is 1. The fourth-order valence-corrected chi connectivity index (χ4v) is 2.01. The van der Waals surface area contributed by atoms with Crippen LogP contribution in [0.15, 0.2) is 42.5 Å². The van der Waals surface area contributed by atoms with Gasteiger partial charge in [-0.25, -0.2) is 4.79 Å². The normalized spacial score (nSPS) is 10.3. The fraction of sp³-hybridized carbons (Fsp3) is 0.294. The smallest absolute Gasteiger partial charge is 0.338 e. The molecule has 0 atom stereocenters.